The average Bonchev–Trinajstić information content (AvgIpc) is 2.59. The molecule has 78 valence electrons. The van der Waals surface area contributed by atoms with Gasteiger partial charge in [0.2, 0.25) is 5.95 Å². The maximum Gasteiger partial charge on any atom is 0.253 e. The lowest BCUT2D eigenvalue weighted by Crippen LogP contribution is -2.14. The fourth-order valence-electron chi connectivity index (χ4n) is 2.02. The van der Waals surface area contributed by atoms with Crippen LogP contribution in [0.5, 0.6) is 5.88 Å². The lowest BCUT2D eigenvalue weighted by Gasteiger charge is -2.21. The first-order chi connectivity index (χ1) is 7.25. The Morgan fingerprint density at radius 1 is 1.20 bits per heavy atom. The van der Waals surface area contributed by atoms with Crippen molar-refractivity contribution in [3.63, 3.8) is 0 Å². The van der Waals surface area contributed by atoms with Gasteiger partial charge in [-0.1, -0.05) is 0 Å². The van der Waals surface area contributed by atoms with Gasteiger partial charge in [-0.05, 0) is 37.1 Å². The van der Waals surface area contributed by atoms with Gasteiger partial charge in [-0.25, -0.2) is 9.50 Å². The van der Waals surface area contributed by atoms with Crippen molar-refractivity contribution in [2.24, 2.45) is 0 Å². The summed E-state index contributed by atoms with van der Waals surface area (Å²) in [6.45, 7) is 0. The maximum atomic E-state index is 12.0. The van der Waals surface area contributed by atoms with Crippen molar-refractivity contribution in [3.8, 4) is 5.88 Å². The fourth-order valence-corrected chi connectivity index (χ4v) is 2.02. The number of fused-ring (bicyclic) bond motifs is 2. The molecule has 15 heavy (non-hydrogen) atoms. The van der Waals surface area contributed by atoms with Gasteiger partial charge in [-0.3, -0.25) is 0 Å². The van der Waals surface area contributed by atoms with Crippen LogP contribution in [0.15, 0.2) is 0 Å². The quantitative estimate of drug-likeness (QED) is 0.633. The monoisotopic (exact) mass is 204 g/mol. The summed E-state index contributed by atoms with van der Waals surface area (Å²) in [5.74, 6) is 0.305. The van der Waals surface area contributed by atoms with Gasteiger partial charge in [0.05, 0.1) is 0 Å². The first-order valence-corrected chi connectivity index (χ1v) is 4.97. The molecule has 2 N–H and O–H groups in total. The molecule has 6 heteroatoms. The van der Waals surface area contributed by atoms with E-state index in [9.17, 15) is 5.11 Å². The molecule has 1 aliphatic rings. The zero-order chi connectivity index (χ0) is 10.4. The van der Waals surface area contributed by atoms with E-state index >= 15 is 0 Å². The minimum Gasteiger partial charge on any atom is -0.858 e. The van der Waals surface area contributed by atoms with E-state index < -0.39 is 0 Å². The molecule has 0 spiro atoms. The molecule has 2 aromatic heterocycles. The smallest absolute Gasteiger partial charge is 0.253 e. The molecule has 2 aromatic rings. The maximum absolute atomic E-state index is 12.0. The van der Waals surface area contributed by atoms with Gasteiger partial charge in [0.25, 0.3) is 5.78 Å². The second-order valence-electron chi connectivity index (χ2n) is 3.73. The molecule has 0 fully saturated rings. The third-order valence-corrected chi connectivity index (χ3v) is 2.73. The number of nitrogens with two attached hydrogens (primary N) is 1. The third-order valence-electron chi connectivity index (χ3n) is 2.73. The van der Waals surface area contributed by atoms with Crippen molar-refractivity contribution in [1.82, 2.24) is 19.6 Å². The number of aromatic nitrogens is 4. The zero-order valence-electron chi connectivity index (χ0n) is 8.10. The van der Waals surface area contributed by atoms with Gasteiger partial charge < -0.3 is 10.8 Å². The number of hydrogen-bond acceptors (Lipinski definition) is 5. The summed E-state index contributed by atoms with van der Waals surface area (Å²) in [4.78, 5) is 8.21. The van der Waals surface area contributed by atoms with Crippen molar-refractivity contribution in [2.45, 2.75) is 25.7 Å². The predicted molar refractivity (Wildman–Crippen MR) is 51.3 cm³/mol. The van der Waals surface area contributed by atoms with Crippen molar-refractivity contribution in [2.75, 3.05) is 5.73 Å². The van der Waals surface area contributed by atoms with Crippen LogP contribution in [0.4, 0.5) is 5.95 Å². The summed E-state index contributed by atoms with van der Waals surface area (Å²) in [6, 6.07) is 0. The molecule has 3 rings (SSSR count). The first-order valence-electron chi connectivity index (χ1n) is 4.97. The van der Waals surface area contributed by atoms with Gasteiger partial charge in [0, 0.05) is 5.69 Å². The lowest BCUT2D eigenvalue weighted by atomic mass is 9.97. The molecule has 6 nitrogen and oxygen atoms in total. The molecule has 2 heterocycles. The Hall–Kier alpha value is -1.85. The van der Waals surface area contributed by atoms with Crippen LogP contribution in [-0.2, 0) is 12.8 Å². The summed E-state index contributed by atoms with van der Waals surface area (Å²) in [6.07, 6.45) is 3.77. The Morgan fingerprint density at radius 3 is 2.87 bits per heavy atom. The summed E-state index contributed by atoms with van der Waals surface area (Å²) in [5.41, 5.74) is 7.08. The molecule has 0 aromatic carbocycles. The van der Waals surface area contributed by atoms with Crippen LogP contribution in [0.1, 0.15) is 24.1 Å². The highest BCUT2D eigenvalue weighted by Crippen LogP contribution is 2.26. The molecule has 0 saturated heterocycles. The topological polar surface area (TPSA) is 92.2 Å². The Morgan fingerprint density at radius 2 is 2.00 bits per heavy atom. The average molecular weight is 204 g/mol. The Labute approximate surface area is 85.8 Å². The van der Waals surface area contributed by atoms with Crippen LogP contribution in [0.3, 0.4) is 0 Å². The Bertz CT molecular complexity index is 533. The number of aryl methyl sites for hydroxylation is 1. The number of nitrogen functional groups attached to an aromatic ring is 1. The van der Waals surface area contributed by atoms with E-state index in [1.165, 1.54) is 4.52 Å². The van der Waals surface area contributed by atoms with Crippen LogP contribution in [0.2, 0.25) is 0 Å². The van der Waals surface area contributed by atoms with Gasteiger partial charge in [0.15, 0.2) is 0 Å². The highest BCUT2D eigenvalue weighted by Gasteiger charge is 2.15. The van der Waals surface area contributed by atoms with Gasteiger partial charge in [0.1, 0.15) is 0 Å². The van der Waals surface area contributed by atoms with E-state index in [0.29, 0.717) is 5.78 Å². The highest BCUT2D eigenvalue weighted by molar-refractivity contribution is 5.43. The normalized spacial score (nSPS) is 15.5. The summed E-state index contributed by atoms with van der Waals surface area (Å²) in [5, 5.41) is 15.8. The van der Waals surface area contributed by atoms with E-state index in [0.717, 1.165) is 36.9 Å². The number of nitrogens with zero attached hydrogens (tertiary/aromatic N) is 4. The Balaban J connectivity index is 2.35. The van der Waals surface area contributed by atoms with E-state index in [1.807, 2.05) is 0 Å². The van der Waals surface area contributed by atoms with Gasteiger partial charge in [-0.15, -0.1) is 5.10 Å². The highest BCUT2D eigenvalue weighted by atomic mass is 16.3. The third kappa shape index (κ3) is 1.14. The van der Waals surface area contributed by atoms with Crippen LogP contribution in [-0.4, -0.2) is 19.6 Å². The van der Waals surface area contributed by atoms with Crippen LogP contribution >= 0.6 is 0 Å². The van der Waals surface area contributed by atoms with E-state index in [1.54, 1.807) is 0 Å². The van der Waals surface area contributed by atoms with Crippen molar-refractivity contribution in [1.29, 1.82) is 0 Å². The zero-order valence-corrected chi connectivity index (χ0v) is 8.10. The van der Waals surface area contributed by atoms with Crippen LogP contribution in [0, 0.1) is 0 Å². The molecule has 0 atom stereocenters. The molecule has 0 bridgehead atoms. The van der Waals surface area contributed by atoms with Crippen LogP contribution in [0.25, 0.3) is 5.78 Å². The minimum absolute atomic E-state index is 0.0990. The standard InChI is InChI=1S/C9H11N5O/c10-8-12-9-11-6-4-2-1-3-5(6)7(15)14(9)13-8/h15H,1-4H2,(H2,10,13)/p-1. The van der Waals surface area contributed by atoms with Crippen molar-refractivity contribution < 1.29 is 5.11 Å². The summed E-state index contributed by atoms with van der Waals surface area (Å²) in [7, 11) is 0. The minimum atomic E-state index is -0.112. The second kappa shape index (κ2) is 2.82. The SMILES string of the molecule is Nc1nc2nc3c(c([O-])n2n1)CCCC3. The van der Waals surface area contributed by atoms with Gasteiger partial charge >= 0.3 is 0 Å². The molecular formula is C9H10N5O-. The van der Waals surface area contributed by atoms with Gasteiger partial charge in [-0.2, -0.15) is 4.98 Å². The van der Waals surface area contributed by atoms with Crippen LogP contribution < -0.4 is 10.8 Å². The molecular weight excluding hydrogens is 194 g/mol. The van der Waals surface area contributed by atoms with Crippen molar-refractivity contribution >= 4 is 11.7 Å². The van der Waals surface area contributed by atoms with E-state index in [-0.39, 0.29) is 11.8 Å². The molecule has 1 aliphatic carbocycles. The lowest BCUT2D eigenvalue weighted by molar-refractivity contribution is -0.278. The van der Waals surface area contributed by atoms with E-state index in [2.05, 4.69) is 15.1 Å². The summed E-state index contributed by atoms with van der Waals surface area (Å²) < 4.78 is 1.19. The second-order valence-corrected chi connectivity index (χ2v) is 3.73. The fraction of sp³-hybridized carbons (Fsp3) is 0.444. The molecule has 0 unspecified atom stereocenters. The van der Waals surface area contributed by atoms with E-state index in [4.69, 9.17) is 5.73 Å². The first kappa shape index (κ1) is 8.46. The number of hydrogen-bond donors (Lipinski definition) is 1. The molecule has 0 aliphatic heterocycles. The van der Waals surface area contributed by atoms with Crippen molar-refractivity contribution in [3.05, 3.63) is 11.3 Å². The molecule has 0 radical (unpaired) electrons. The summed E-state index contributed by atoms with van der Waals surface area (Å²) >= 11 is 0. The molecule has 0 amide bonds. The largest absolute Gasteiger partial charge is 0.858 e. The Kier molecular flexibility index (Phi) is 1.59. The predicted octanol–water partition coefficient (Wildman–Crippen LogP) is -0.341. The number of anilines is 1. The molecule has 0 saturated carbocycles. The number of rotatable bonds is 0.